The predicted octanol–water partition coefficient (Wildman–Crippen LogP) is 2.81. The summed E-state index contributed by atoms with van der Waals surface area (Å²) in [5, 5.41) is 0.598. The first-order valence-electron chi connectivity index (χ1n) is 7.78. The van der Waals surface area contributed by atoms with E-state index in [1.54, 1.807) is 6.92 Å². The smallest absolute Gasteiger partial charge is 0.326 e. The van der Waals surface area contributed by atoms with Crippen LogP contribution in [0.1, 0.15) is 43.3 Å². The van der Waals surface area contributed by atoms with E-state index in [2.05, 4.69) is 11.9 Å². The number of aromatic nitrogens is 2. The molecule has 0 unspecified atom stereocenters. The van der Waals surface area contributed by atoms with Gasteiger partial charge in [-0.05, 0) is 45.1 Å². The number of hydrogen-bond donors (Lipinski definition) is 0. The van der Waals surface area contributed by atoms with Crippen LogP contribution >= 0.6 is 11.3 Å². The Morgan fingerprint density at radius 1 is 1.45 bits per heavy atom. The molecule has 6 heteroatoms. The van der Waals surface area contributed by atoms with Crippen molar-refractivity contribution in [2.45, 2.75) is 58.6 Å². The summed E-state index contributed by atoms with van der Waals surface area (Å²) in [7, 11) is 0. The topological polar surface area (TPSA) is 61.2 Å². The monoisotopic (exact) mass is 320 g/mol. The fraction of sp³-hybridized carbons (Fsp3) is 0.562. The van der Waals surface area contributed by atoms with Gasteiger partial charge in [0.2, 0.25) is 0 Å². The molecule has 0 amide bonds. The Kier molecular flexibility index (Phi) is 4.29. The van der Waals surface area contributed by atoms with E-state index in [9.17, 15) is 9.59 Å². The number of hydrogen-bond acceptors (Lipinski definition) is 5. The summed E-state index contributed by atoms with van der Waals surface area (Å²) < 4.78 is 6.86. The number of fused-ring (bicyclic) bond motifs is 1. The van der Waals surface area contributed by atoms with Crippen LogP contribution in [0.2, 0.25) is 0 Å². The number of esters is 1. The highest BCUT2D eigenvalue weighted by molar-refractivity contribution is 7.18. The fourth-order valence-corrected chi connectivity index (χ4v) is 3.89. The summed E-state index contributed by atoms with van der Waals surface area (Å²) >= 11 is 1.54. The molecule has 0 bridgehead atoms. The van der Waals surface area contributed by atoms with Crippen molar-refractivity contribution >= 4 is 27.5 Å². The van der Waals surface area contributed by atoms with Crippen LogP contribution in [0.3, 0.4) is 0 Å². The molecule has 0 aromatic carbocycles. The van der Waals surface area contributed by atoms with Crippen molar-refractivity contribution in [1.82, 2.24) is 9.55 Å². The van der Waals surface area contributed by atoms with Gasteiger partial charge in [0, 0.05) is 4.88 Å². The Labute approximate surface area is 132 Å². The molecule has 0 radical (unpaired) electrons. The average molecular weight is 320 g/mol. The summed E-state index contributed by atoms with van der Waals surface area (Å²) in [6.45, 7) is 3.76. The molecule has 1 fully saturated rings. The largest absolute Gasteiger partial charge is 0.461 e. The second kappa shape index (κ2) is 6.20. The molecule has 0 N–H and O–H groups in total. The van der Waals surface area contributed by atoms with Crippen molar-refractivity contribution < 1.29 is 9.53 Å². The number of carbonyl (C=O) groups excluding carboxylic acids is 1. The molecule has 1 aliphatic rings. The first-order chi connectivity index (χ1) is 10.6. The Hall–Kier alpha value is -1.69. The maximum absolute atomic E-state index is 12.6. The van der Waals surface area contributed by atoms with Gasteiger partial charge in [-0.1, -0.05) is 6.92 Å². The molecule has 1 saturated carbocycles. The van der Waals surface area contributed by atoms with Gasteiger partial charge in [-0.25, -0.2) is 4.98 Å². The van der Waals surface area contributed by atoms with Gasteiger partial charge < -0.3 is 4.74 Å². The van der Waals surface area contributed by atoms with Crippen molar-refractivity contribution in [3.05, 3.63) is 27.1 Å². The second-order valence-electron chi connectivity index (χ2n) is 5.73. The van der Waals surface area contributed by atoms with Crippen molar-refractivity contribution in [2.24, 2.45) is 0 Å². The lowest BCUT2D eigenvalue weighted by Gasteiger charge is -2.13. The summed E-state index contributed by atoms with van der Waals surface area (Å²) in [5.41, 5.74) is -0.151. The normalized spacial score (nSPS) is 15.5. The SMILES string of the molecule is CCc1cc2c(=O)n(CC(=O)OC3CCCC3)c(C)nc2s1. The number of thiophene rings is 1. The molecule has 0 aliphatic heterocycles. The molecule has 3 rings (SSSR count). The lowest BCUT2D eigenvalue weighted by atomic mass is 10.3. The molecule has 118 valence electrons. The molecule has 2 aromatic heterocycles. The van der Waals surface area contributed by atoms with E-state index in [1.807, 2.05) is 6.07 Å². The first kappa shape index (κ1) is 15.2. The Balaban J connectivity index is 1.86. The molecule has 2 aromatic rings. The zero-order valence-corrected chi connectivity index (χ0v) is 13.7. The van der Waals surface area contributed by atoms with Gasteiger partial charge in [-0.3, -0.25) is 14.2 Å². The first-order valence-corrected chi connectivity index (χ1v) is 8.59. The van der Waals surface area contributed by atoms with Gasteiger partial charge in [-0.2, -0.15) is 0 Å². The van der Waals surface area contributed by atoms with Crippen LogP contribution in [0.5, 0.6) is 0 Å². The molecule has 0 saturated heterocycles. The van der Waals surface area contributed by atoms with Gasteiger partial charge in [0.15, 0.2) is 0 Å². The average Bonchev–Trinajstić information content (AvgIpc) is 3.12. The fourth-order valence-electron chi connectivity index (χ4n) is 2.89. The quantitative estimate of drug-likeness (QED) is 0.813. The van der Waals surface area contributed by atoms with Crippen molar-refractivity contribution in [3.63, 3.8) is 0 Å². The Bertz CT molecular complexity index is 757. The molecule has 0 atom stereocenters. The van der Waals surface area contributed by atoms with Crippen LogP contribution in [0.15, 0.2) is 10.9 Å². The summed E-state index contributed by atoms with van der Waals surface area (Å²) in [4.78, 5) is 31.0. The van der Waals surface area contributed by atoms with Gasteiger partial charge >= 0.3 is 5.97 Å². The molecule has 1 aliphatic carbocycles. The van der Waals surface area contributed by atoms with Gasteiger partial charge in [0.05, 0.1) is 5.39 Å². The highest BCUT2D eigenvalue weighted by Crippen LogP contribution is 2.23. The maximum atomic E-state index is 12.6. The second-order valence-corrected chi connectivity index (χ2v) is 6.85. The van der Waals surface area contributed by atoms with Crippen molar-refractivity contribution in [3.8, 4) is 0 Å². The van der Waals surface area contributed by atoms with E-state index >= 15 is 0 Å². The Morgan fingerprint density at radius 3 is 2.86 bits per heavy atom. The number of carbonyl (C=O) groups is 1. The number of aryl methyl sites for hydroxylation is 2. The van der Waals surface area contributed by atoms with E-state index in [0.717, 1.165) is 41.8 Å². The van der Waals surface area contributed by atoms with Crippen LogP contribution in [0.25, 0.3) is 10.2 Å². The van der Waals surface area contributed by atoms with Crippen LogP contribution in [-0.4, -0.2) is 21.6 Å². The molecule has 0 spiro atoms. The summed E-state index contributed by atoms with van der Waals surface area (Å²) in [6.07, 6.45) is 4.98. The van der Waals surface area contributed by atoms with Gasteiger partial charge in [0.1, 0.15) is 23.3 Å². The third kappa shape index (κ3) is 2.92. The van der Waals surface area contributed by atoms with Crippen LogP contribution in [0, 0.1) is 6.92 Å². The third-order valence-electron chi connectivity index (χ3n) is 4.13. The molecular formula is C16H20N2O3S. The predicted molar refractivity (Wildman–Crippen MR) is 86.3 cm³/mol. The van der Waals surface area contributed by atoms with Gasteiger partial charge in [-0.15, -0.1) is 11.3 Å². The summed E-state index contributed by atoms with van der Waals surface area (Å²) in [5.74, 6) is 0.217. The van der Waals surface area contributed by atoms with Gasteiger partial charge in [0.25, 0.3) is 5.56 Å². The number of ether oxygens (including phenoxy) is 1. The van der Waals surface area contributed by atoms with Crippen molar-refractivity contribution in [2.75, 3.05) is 0 Å². The molecule has 22 heavy (non-hydrogen) atoms. The minimum atomic E-state index is -0.343. The highest BCUT2D eigenvalue weighted by Gasteiger charge is 2.20. The van der Waals surface area contributed by atoms with Crippen molar-refractivity contribution in [1.29, 1.82) is 0 Å². The maximum Gasteiger partial charge on any atom is 0.326 e. The third-order valence-corrected chi connectivity index (χ3v) is 5.30. The lowest BCUT2D eigenvalue weighted by molar-refractivity contribution is -0.149. The van der Waals surface area contributed by atoms with Crippen LogP contribution in [0.4, 0.5) is 0 Å². The van der Waals surface area contributed by atoms with E-state index in [0.29, 0.717) is 11.2 Å². The highest BCUT2D eigenvalue weighted by atomic mass is 32.1. The number of nitrogens with zero attached hydrogens (tertiary/aromatic N) is 2. The minimum Gasteiger partial charge on any atom is -0.461 e. The molecule has 5 nitrogen and oxygen atoms in total. The zero-order chi connectivity index (χ0) is 15.7. The van der Waals surface area contributed by atoms with E-state index in [1.165, 1.54) is 15.9 Å². The molecule has 2 heterocycles. The minimum absolute atomic E-state index is 0.0213. The standard InChI is InChI=1S/C16H20N2O3S/c1-3-12-8-13-15(22-12)17-10(2)18(16(13)20)9-14(19)21-11-6-4-5-7-11/h8,11H,3-7,9H2,1-2H3. The van der Waals surface area contributed by atoms with Crippen LogP contribution in [-0.2, 0) is 22.5 Å². The van der Waals surface area contributed by atoms with E-state index in [-0.39, 0.29) is 24.2 Å². The Morgan fingerprint density at radius 2 is 2.18 bits per heavy atom. The van der Waals surface area contributed by atoms with E-state index < -0.39 is 0 Å². The number of rotatable bonds is 4. The summed E-state index contributed by atoms with van der Waals surface area (Å²) in [6, 6.07) is 1.88. The van der Waals surface area contributed by atoms with E-state index in [4.69, 9.17) is 4.74 Å². The lowest BCUT2D eigenvalue weighted by Crippen LogP contribution is -2.29. The molecular weight excluding hydrogens is 300 g/mol. The van der Waals surface area contributed by atoms with Crippen LogP contribution < -0.4 is 5.56 Å². The zero-order valence-electron chi connectivity index (χ0n) is 12.9.